The number of nitrogens with two attached hydrogens (primary N) is 1. The van der Waals surface area contributed by atoms with E-state index in [0.717, 1.165) is 31.4 Å². The van der Waals surface area contributed by atoms with Crippen molar-refractivity contribution >= 4 is 0 Å². The number of hydrogen-bond acceptors (Lipinski definition) is 5. The highest BCUT2D eigenvalue weighted by Gasteiger charge is 2.20. The van der Waals surface area contributed by atoms with Gasteiger partial charge in [-0.25, -0.2) is 0 Å². The fourth-order valence-electron chi connectivity index (χ4n) is 2.62. The first kappa shape index (κ1) is 13.1. The van der Waals surface area contributed by atoms with Crippen molar-refractivity contribution in [2.75, 3.05) is 0 Å². The standard InChI is InChI=1S/C15H19N3O2/c1-2-14-17-18-15(20-14)9-19-13-8-4-5-10-11(13)6-3-7-12(10)16/h4-5,8,12H,2-3,6-7,9,16H2,1H3. The first-order chi connectivity index (χ1) is 9.78. The Bertz CT molecular complexity index is 595. The van der Waals surface area contributed by atoms with Gasteiger partial charge in [-0.05, 0) is 36.5 Å². The fraction of sp³-hybridized carbons (Fsp3) is 0.467. The van der Waals surface area contributed by atoms with Crippen LogP contribution in [0.1, 0.15) is 48.7 Å². The van der Waals surface area contributed by atoms with Crippen LogP contribution in [0.4, 0.5) is 0 Å². The summed E-state index contributed by atoms with van der Waals surface area (Å²) >= 11 is 0. The second-order valence-corrected chi connectivity index (χ2v) is 5.05. The number of benzene rings is 1. The van der Waals surface area contributed by atoms with Crippen molar-refractivity contribution in [3.8, 4) is 5.75 Å². The normalized spacial score (nSPS) is 17.8. The van der Waals surface area contributed by atoms with E-state index < -0.39 is 0 Å². The molecule has 1 unspecified atom stereocenters. The minimum atomic E-state index is 0.123. The lowest BCUT2D eigenvalue weighted by Gasteiger charge is -2.24. The molecule has 1 aromatic heterocycles. The summed E-state index contributed by atoms with van der Waals surface area (Å²) in [4.78, 5) is 0. The first-order valence-corrected chi connectivity index (χ1v) is 7.09. The van der Waals surface area contributed by atoms with E-state index in [1.54, 1.807) is 0 Å². The molecule has 2 aromatic rings. The number of nitrogens with zero attached hydrogens (tertiary/aromatic N) is 2. The van der Waals surface area contributed by atoms with E-state index in [2.05, 4.69) is 16.3 Å². The molecule has 106 valence electrons. The third kappa shape index (κ3) is 2.54. The van der Waals surface area contributed by atoms with E-state index in [1.807, 2.05) is 19.1 Å². The highest BCUT2D eigenvalue weighted by Crippen LogP contribution is 2.34. The summed E-state index contributed by atoms with van der Waals surface area (Å²) in [5.74, 6) is 2.04. The molecule has 1 heterocycles. The molecule has 1 aliphatic rings. The Labute approximate surface area is 118 Å². The predicted octanol–water partition coefficient (Wildman–Crippen LogP) is 2.55. The summed E-state index contributed by atoms with van der Waals surface area (Å²) in [6.07, 6.45) is 3.90. The van der Waals surface area contributed by atoms with Crippen molar-refractivity contribution in [1.82, 2.24) is 10.2 Å². The Morgan fingerprint density at radius 1 is 1.35 bits per heavy atom. The zero-order valence-corrected chi connectivity index (χ0v) is 11.6. The van der Waals surface area contributed by atoms with Gasteiger partial charge in [-0.3, -0.25) is 0 Å². The quantitative estimate of drug-likeness (QED) is 0.926. The van der Waals surface area contributed by atoms with Crippen molar-refractivity contribution in [3.63, 3.8) is 0 Å². The summed E-state index contributed by atoms with van der Waals surface area (Å²) in [5, 5.41) is 7.89. The number of rotatable bonds is 4. The average molecular weight is 273 g/mol. The van der Waals surface area contributed by atoms with Gasteiger partial charge in [0, 0.05) is 12.5 Å². The summed E-state index contributed by atoms with van der Waals surface area (Å²) in [7, 11) is 0. The van der Waals surface area contributed by atoms with Gasteiger partial charge in [0.15, 0.2) is 6.61 Å². The van der Waals surface area contributed by atoms with Crippen LogP contribution in [0.3, 0.4) is 0 Å². The molecule has 2 N–H and O–H groups in total. The lowest BCUT2D eigenvalue weighted by molar-refractivity contribution is 0.255. The molecule has 0 spiro atoms. The Kier molecular flexibility index (Phi) is 3.69. The van der Waals surface area contributed by atoms with Gasteiger partial charge in [-0.1, -0.05) is 19.1 Å². The summed E-state index contributed by atoms with van der Waals surface area (Å²) in [6, 6.07) is 6.18. The van der Waals surface area contributed by atoms with Crippen molar-refractivity contribution in [3.05, 3.63) is 41.1 Å². The van der Waals surface area contributed by atoms with Crippen LogP contribution in [-0.4, -0.2) is 10.2 Å². The number of fused-ring (bicyclic) bond motifs is 1. The minimum Gasteiger partial charge on any atom is -0.484 e. The topological polar surface area (TPSA) is 74.2 Å². The van der Waals surface area contributed by atoms with Gasteiger partial charge in [0.2, 0.25) is 5.89 Å². The molecule has 0 fully saturated rings. The van der Waals surface area contributed by atoms with Crippen LogP contribution >= 0.6 is 0 Å². The van der Waals surface area contributed by atoms with Gasteiger partial charge in [0.25, 0.3) is 5.89 Å². The number of aryl methyl sites for hydroxylation is 1. The minimum absolute atomic E-state index is 0.123. The smallest absolute Gasteiger partial charge is 0.253 e. The Hall–Kier alpha value is -1.88. The average Bonchev–Trinajstić information content (AvgIpc) is 2.94. The van der Waals surface area contributed by atoms with Crippen LogP contribution in [0.15, 0.2) is 22.6 Å². The van der Waals surface area contributed by atoms with Gasteiger partial charge in [0.1, 0.15) is 5.75 Å². The summed E-state index contributed by atoms with van der Waals surface area (Å²) in [6.45, 7) is 2.28. The zero-order valence-electron chi connectivity index (χ0n) is 11.6. The van der Waals surface area contributed by atoms with E-state index in [0.29, 0.717) is 18.4 Å². The van der Waals surface area contributed by atoms with Gasteiger partial charge in [-0.15, -0.1) is 10.2 Å². The van der Waals surface area contributed by atoms with E-state index in [-0.39, 0.29) is 6.04 Å². The van der Waals surface area contributed by atoms with E-state index in [1.165, 1.54) is 11.1 Å². The maximum Gasteiger partial charge on any atom is 0.253 e. The molecule has 0 amide bonds. The summed E-state index contributed by atoms with van der Waals surface area (Å²) < 4.78 is 11.3. The molecule has 0 saturated heterocycles. The zero-order chi connectivity index (χ0) is 13.9. The third-order valence-electron chi connectivity index (χ3n) is 3.67. The highest BCUT2D eigenvalue weighted by molar-refractivity contribution is 5.43. The molecule has 20 heavy (non-hydrogen) atoms. The van der Waals surface area contributed by atoms with E-state index in [9.17, 15) is 0 Å². The maximum atomic E-state index is 6.15. The molecular weight excluding hydrogens is 254 g/mol. The molecule has 0 aliphatic heterocycles. The Morgan fingerprint density at radius 3 is 3.00 bits per heavy atom. The van der Waals surface area contributed by atoms with Crippen LogP contribution < -0.4 is 10.5 Å². The Balaban J connectivity index is 1.76. The van der Waals surface area contributed by atoms with Crippen molar-refractivity contribution in [2.24, 2.45) is 5.73 Å². The van der Waals surface area contributed by atoms with Crippen LogP contribution in [0.5, 0.6) is 5.75 Å². The molecule has 0 radical (unpaired) electrons. The van der Waals surface area contributed by atoms with Crippen LogP contribution in [0.2, 0.25) is 0 Å². The van der Waals surface area contributed by atoms with E-state index in [4.69, 9.17) is 14.9 Å². The number of ether oxygens (including phenoxy) is 1. The molecule has 3 rings (SSSR count). The molecule has 0 saturated carbocycles. The van der Waals surface area contributed by atoms with Crippen LogP contribution in [0, 0.1) is 0 Å². The van der Waals surface area contributed by atoms with Crippen LogP contribution in [0.25, 0.3) is 0 Å². The second kappa shape index (κ2) is 5.63. The Morgan fingerprint density at radius 2 is 2.20 bits per heavy atom. The SMILES string of the molecule is CCc1nnc(COc2cccc3c2CCCC3N)o1. The van der Waals surface area contributed by atoms with Crippen molar-refractivity contribution < 1.29 is 9.15 Å². The first-order valence-electron chi connectivity index (χ1n) is 7.09. The monoisotopic (exact) mass is 273 g/mol. The summed E-state index contributed by atoms with van der Waals surface area (Å²) in [5.41, 5.74) is 8.57. The van der Waals surface area contributed by atoms with Gasteiger partial charge in [0.05, 0.1) is 0 Å². The van der Waals surface area contributed by atoms with Crippen molar-refractivity contribution in [1.29, 1.82) is 0 Å². The van der Waals surface area contributed by atoms with Crippen LogP contribution in [-0.2, 0) is 19.4 Å². The van der Waals surface area contributed by atoms with Gasteiger partial charge in [-0.2, -0.15) is 0 Å². The highest BCUT2D eigenvalue weighted by atomic mass is 16.5. The van der Waals surface area contributed by atoms with Crippen molar-refractivity contribution in [2.45, 2.75) is 45.3 Å². The number of aromatic nitrogens is 2. The predicted molar refractivity (Wildman–Crippen MR) is 74.3 cm³/mol. The number of hydrogen-bond donors (Lipinski definition) is 1. The lowest BCUT2D eigenvalue weighted by Crippen LogP contribution is -2.18. The van der Waals surface area contributed by atoms with Gasteiger partial charge < -0.3 is 14.9 Å². The second-order valence-electron chi connectivity index (χ2n) is 5.05. The molecular formula is C15H19N3O2. The third-order valence-corrected chi connectivity index (χ3v) is 3.67. The molecule has 1 aromatic carbocycles. The molecule has 5 nitrogen and oxygen atoms in total. The molecule has 1 atom stereocenters. The lowest BCUT2D eigenvalue weighted by atomic mass is 9.88. The largest absolute Gasteiger partial charge is 0.484 e. The van der Waals surface area contributed by atoms with Gasteiger partial charge >= 0.3 is 0 Å². The fourth-order valence-corrected chi connectivity index (χ4v) is 2.62. The molecule has 5 heteroatoms. The molecule has 0 bridgehead atoms. The van der Waals surface area contributed by atoms with E-state index >= 15 is 0 Å². The maximum absolute atomic E-state index is 6.15. The molecule has 1 aliphatic carbocycles.